The summed E-state index contributed by atoms with van der Waals surface area (Å²) in [6.07, 6.45) is 5.51. The predicted molar refractivity (Wildman–Crippen MR) is 139 cm³/mol. The number of fused-ring (bicyclic) bond motifs is 2. The first kappa shape index (κ1) is 23.7. The van der Waals surface area contributed by atoms with Crippen LogP contribution in [0.15, 0.2) is 60.9 Å². The Morgan fingerprint density at radius 3 is 2.67 bits per heavy atom. The fraction of sp³-hybridized carbons (Fsp3) is 0.333. The van der Waals surface area contributed by atoms with E-state index in [1.54, 1.807) is 12.1 Å². The fourth-order valence-corrected chi connectivity index (χ4v) is 4.74. The minimum Gasteiger partial charge on any atom is -0.370 e. The number of likely N-dealkylation sites (N-methyl/N-ethyl adjacent to an activating group) is 1. The maximum absolute atomic E-state index is 12.7. The van der Waals surface area contributed by atoms with Gasteiger partial charge in [0.25, 0.3) is 0 Å². The summed E-state index contributed by atoms with van der Waals surface area (Å²) in [5, 5.41) is 1.02. The van der Waals surface area contributed by atoms with Crippen LogP contribution in [0.4, 0.5) is 5.82 Å². The highest BCUT2D eigenvalue weighted by atomic mass is 16.5. The third-order valence-electron chi connectivity index (χ3n) is 6.93. The number of hydrogen-bond donors (Lipinski definition) is 1. The topological polar surface area (TPSA) is 107 Å². The van der Waals surface area contributed by atoms with E-state index in [2.05, 4.69) is 9.88 Å². The standard InChI is InChI=1S/C27H30N6O3/c1-31(21-9-12-33(13-10-21)25-17-29-22-4-2-3-5-23(22)30-25)26(34)18-36-15-14-32-11-8-19-6-7-20(27(28)35)16-24(19)32/h2-8,11,16-17,21H,9-10,12-15,18H2,1H3,(H2,28,35). The van der Waals surface area contributed by atoms with E-state index in [-0.39, 0.29) is 18.6 Å². The first-order valence-electron chi connectivity index (χ1n) is 12.2. The molecular formula is C27H30N6O3. The van der Waals surface area contributed by atoms with Crippen molar-refractivity contribution < 1.29 is 14.3 Å². The monoisotopic (exact) mass is 486 g/mol. The van der Waals surface area contributed by atoms with Crippen LogP contribution in [0.2, 0.25) is 0 Å². The van der Waals surface area contributed by atoms with E-state index in [0.29, 0.717) is 18.7 Å². The number of nitrogens with zero attached hydrogens (tertiary/aromatic N) is 5. The first-order valence-corrected chi connectivity index (χ1v) is 12.2. The van der Waals surface area contributed by atoms with Crippen molar-refractivity contribution in [1.82, 2.24) is 19.4 Å². The van der Waals surface area contributed by atoms with Crippen molar-refractivity contribution in [2.24, 2.45) is 5.73 Å². The van der Waals surface area contributed by atoms with E-state index in [1.807, 2.05) is 65.3 Å². The summed E-state index contributed by atoms with van der Waals surface area (Å²) >= 11 is 0. The predicted octanol–water partition coefficient (Wildman–Crippen LogP) is 2.83. The third kappa shape index (κ3) is 5.01. The summed E-state index contributed by atoms with van der Waals surface area (Å²) < 4.78 is 7.71. The van der Waals surface area contributed by atoms with E-state index < -0.39 is 5.91 Å². The second kappa shape index (κ2) is 10.3. The Morgan fingerprint density at radius 1 is 1.11 bits per heavy atom. The third-order valence-corrected chi connectivity index (χ3v) is 6.93. The Morgan fingerprint density at radius 2 is 1.89 bits per heavy atom. The first-order chi connectivity index (χ1) is 17.5. The molecule has 3 heterocycles. The molecule has 5 rings (SSSR count). The SMILES string of the molecule is CN(C(=O)COCCn1ccc2ccc(C(N)=O)cc21)C1CCN(c2cnc3ccccc3n2)CC1. The van der Waals surface area contributed by atoms with Crippen LogP contribution in [0.5, 0.6) is 0 Å². The number of anilines is 1. The van der Waals surface area contributed by atoms with Gasteiger partial charge in [0.05, 0.1) is 23.8 Å². The van der Waals surface area contributed by atoms with Crippen molar-refractivity contribution in [2.75, 3.05) is 38.3 Å². The summed E-state index contributed by atoms with van der Waals surface area (Å²) in [5.41, 5.74) is 8.57. The van der Waals surface area contributed by atoms with Crippen LogP contribution >= 0.6 is 0 Å². The molecule has 1 aliphatic heterocycles. The number of piperidine rings is 1. The summed E-state index contributed by atoms with van der Waals surface area (Å²) in [6.45, 7) is 2.66. The Balaban J connectivity index is 1.09. The molecule has 0 radical (unpaired) electrons. The molecule has 1 saturated heterocycles. The number of nitrogens with two attached hydrogens (primary N) is 1. The highest BCUT2D eigenvalue weighted by Gasteiger charge is 2.26. The number of benzene rings is 2. The van der Waals surface area contributed by atoms with Gasteiger partial charge in [0.2, 0.25) is 11.8 Å². The normalized spacial score (nSPS) is 14.4. The van der Waals surface area contributed by atoms with Crippen LogP contribution in [0.1, 0.15) is 23.2 Å². The number of primary amides is 1. The number of carbonyl (C=O) groups is 2. The number of ether oxygens (including phenoxy) is 1. The minimum absolute atomic E-state index is 0.0210. The molecule has 0 aliphatic carbocycles. The minimum atomic E-state index is -0.453. The molecule has 9 nitrogen and oxygen atoms in total. The summed E-state index contributed by atoms with van der Waals surface area (Å²) in [6, 6.07) is 15.4. The molecule has 2 aromatic carbocycles. The summed E-state index contributed by atoms with van der Waals surface area (Å²) in [7, 11) is 1.85. The number of aromatic nitrogens is 3. The molecule has 0 unspecified atom stereocenters. The van der Waals surface area contributed by atoms with Gasteiger partial charge in [-0.15, -0.1) is 0 Å². The van der Waals surface area contributed by atoms with Crippen molar-refractivity contribution >= 4 is 39.6 Å². The molecule has 1 aliphatic rings. The van der Waals surface area contributed by atoms with Gasteiger partial charge in [-0.3, -0.25) is 14.6 Å². The van der Waals surface area contributed by atoms with Crippen LogP contribution in [0, 0.1) is 0 Å². The van der Waals surface area contributed by atoms with E-state index >= 15 is 0 Å². The van der Waals surface area contributed by atoms with Crippen LogP contribution < -0.4 is 10.6 Å². The smallest absolute Gasteiger partial charge is 0.248 e. The van der Waals surface area contributed by atoms with Crippen LogP contribution in [-0.4, -0.2) is 70.6 Å². The number of amides is 2. The maximum atomic E-state index is 12.7. The Hall–Kier alpha value is -3.98. The molecule has 36 heavy (non-hydrogen) atoms. The molecule has 0 atom stereocenters. The fourth-order valence-electron chi connectivity index (χ4n) is 4.74. The second-order valence-electron chi connectivity index (χ2n) is 9.14. The van der Waals surface area contributed by atoms with Crippen LogP contribution in [0.25, 0.3) is 21.9 Å². The van der Waals surface area contributed by atoms with E-state index in [0.717, 1.165) is 53.7 Å². The molecule has 0 saturated carbocycles. The number of rotatable bonds is 8. The molecule has 0 bridgehead atoms. The Labute approximate surface area is 209 Å². The zero-order valence-electron chi connectivity index (χ0n) is 20.3. The number of carbonyl (C=O) groups excluding carboxylic acids is 2. The maximum Gasteiger partial charge on any atom is 0.248 e. The molecule has 2 amide bonds. The van der Waals surface area contributed by atoms with Gasteiger partial charge >= 0.3 is 0 Å². The average molecular weight is 487 g/mol. The van der Waals surface area contributed by atoms with Crippen molar-refractivity contribution in [2.45, 2.75) is 25.4 Å². The number of hydrogen-bond acceptors (Lipinski definition) is 6. The van der Waals surface area contributed by atoms with Gasteiger partial charge in [-0.25, -0.2) is 4.98 Å². The van der Waals surface area contributed by atoms with Crippen molar-refractivity contribution in [3.8, 4) is 0 Å². The Bertz CT molecular complexity index is 1390. The van der Waals surface area contributed by atoms with Gasteiger partial charge in [0, 0.05) is 50.0 Å². The lowest BCUT2D eigenvalue weighted by molar-refractivity contribution is -0.137. The van der Waals surface area contributed by atoms with Crippen molar-refractivity contribution in [1.29, 1.82) is 0 Å². The van der Waals surface area contributed by atoms with E-state index in [4.69, 9.17) is 15.5 Å². The van der Waals surface area contributed by atoms with E-state index in [9.17, 15) is 9.59 Å². The quantitative estimate of drug-likeness (QED) is 0.384. The molecule has 0 spiro atoms. The Kier molecular flexibility index (Phi) is 6.81. The van der Waals surface area contributed by atoms with Gasteiger partial charge in [-0.1, -0.05) is 18.2 Å². The van der Waals surface area contributed by atoms with Gasteiger partial charge in [-0.2, -0.15) is 0 Å². The molecule has 2 N–H and O–H groups in total. The zero-order valence-corrected chi connectivity index (χ0v) is 20.3. The zero-order chi connectivity index (χ0) is 25.1. The highest BCUT2D eigenvalue weighted by molar-refractivity contribution is 5.97. The number of para-hydroxylation sites is 2. The summed E-state index contributed by atoms with van der Waals surface area (Å²) in [5.74, 6) is 0.405. The lowest BCUT2D eigenvalue weighted by atomic mass is 10.0. The van der Waals surface area contributed by atoms with Crippen molar-refractivity contribution in [3.05, 3.63) is 66.5 Å². The molecule has 2 aromatic heterocycles. The molecule has 4 aromatic rings. The molecular weight excluding hydrogens is 456 g/mol. The summed E-state index contributed by atoms with van der Waals surface area (Å²) in [4.78, 5) is 37.5. The van der Waals surface area contributed by atoms with Gasteiger partial charge < -0.3 is 24.8 Å². The van der Waals surface area contributed by atoms with Gasteiger partial charge in [0.15, 0.2) is 0 Å². The van der Waals surface area contributed by atoms with Crippen molar-refractivity contribution in [3.63, 3.8) is 0 Å². The lowest BCUT2D eigenvalue weighted by Crippen LogP contribution is -2.47. The second-order valence-corrected chi connectivity index (χ2v) is 9.14. The lowest BCUT2D eigenvalue weighted by Gasteiger charge is -2.37. The molecule has 186 valence electrons. The molecule has 9 heteroatoms. The highest BCUT2D eigenvalue weighted by Crippen LogP contribution is 2.22. The van der Waals surface area contributed by atoms with E-state index in [1.165, 1.54) is 0 Å². The largest absolute Gasteiger partial charge is 0.370 e. The van der Waals surface area contributed by atoms with Gasteiger partial charge in [0.1, 0.15) is 12.4 Å². The van der Waals surface area contributed by atoms with Gasteiger partial charge in [-0.05, 0) is 48.6 Å². The van der Waals surface area contributed by atoms with Crippen LogP contribution in [0.3, 0.4) is 0 Å². The molecule has 1 fully saturated rings. The average Bonchev–Trinajstić information content (AvgIpc) is 3.32. The van der Waals surface area contributed by atoms with Crippen LogP contribution in [-0.2, 0) is 16.1 Å².